The fraction of sp³-hybridized carbons (Fsp3) is 0.286. The Morgan fingerprint density at radius 3 is 2.88 bits per heavy atom. The number of aryl methyl sites for hydroxylation is 1. The Balaban J connectivity index is 2.04. The molecule has 0 fully saturated rings. The Morgan fingerprint density at radius 2 is 2.06 bits per heavy atom. The fourth-order valence-electron chi connectivity index (χ4n) is 2.28. The van der Waals surface area contributed by atoms with Crippen molar-refractivity contribution in [1.82, 2.24) is 0 Å². The van der Waals surface area contributed by atoms with Gasteiger partial charge in [0.1, 0.15) is 5.75 Å². The van der Waals surface area contributed by atoms with E-state index in [0.29, 0.717) is 5.92 Å². The highest BCUT2D eigenvalue weighted by molar-refractivity contribution is 7.12. The normalized spacial score (nSPS) is 18.9. The molecule has 1 aromatic carbocycles. The van der Waals surface area contributed by atoms with Crippen molar-refractivity contribution in [2.24, 2.45) is 0 Å². The Bertz CT molecular complexity index is 501. The molecule has 16 heavy (non-hydrogen) atoms. The maximum absolute atomic E-state index is 5.69. The molecular weight excluding hydrogens is 216 g/mol. The number of hydrogen-bond acceptors (Lipinski definition) is 2. The molecule has 2 heteroatoms. The van der Waals surface area contributed by atoms with Gasteiger partial charge in [0, 0.05) is 21.2 Å². The zero-order chi connectivity index (χ0) is 11.0. The average molecular weight is 230 g/mol. The van der Waals surface area contributed by atoms with E-state index in [-0.39, 0.29) is 0 Å². The van der Waals surface area contributed by atoms with E-state index >= 15 is 0 Å². The molecule has 1 unspecified atom stereocenters. The zero-order valence-corrected chi connectivity index (χ0v) is 10.1. The average Bonchev–Trinajstić information content (AvgIpc) is 2.75. The minimum absolute atomic E-state index is 0.531. The highest BCUT2D eigenvalue weighted by atomic mass is 32.1. The lowest BCUT2D eigenvalue weighted by Gasteiger charge is -2.24. The summed E-state index contributed by atoms with van der Waals surface area (Å²) in [5, 5.41) is 0. The summed E-state index contributed by atoms with van der Waals surface area (Å²) in [6.07, 6.45) is 1.09. The molecule has 0 N–H and O–H groups in total. The smallest absolute Gasteiger partial charge is 0.123 e. The van der Waals surface area contributed by atoms with Crippen LogP contribution in [0.1, 0.15) is 27.7 Å². The molecule has 0 amide bonds. The molecule has 0 bridgehead atoms. The topological polar surface area (TPSA) is 9.23 Å². The first-order valence-corrected chi connectivity index (χ1v) is 6.44. The molecule has 0 saturated heterocycles. The molecule has 0 saturated carbocycles. The van der Waals surface area contributed by atoms with E-state index in [1.807, 2.05) is 17.4 Å². The summed E-state index contributed by atoms with van der Waals surface area (Å²) in [6.45, 7) is 3.00. The predicted molar refractivity (Wildman–Crippen MR) is 67.5 cm³/mol. The van der Waals surface area contributed by atoms with E-state index in [2.05, 4.69) is 37.3 Å². The molecule has 2 aromatic rings. The minimum Gasteiger partial charge on any atom is -0.493 e. The zero-order valence-electron chi connectivity index (χ0n) is 9.27. The van der Waals surface area contributed by atoms with Gasteiger partial charge in [-0.05, 0) is 31.5 Å². The first-order chi connectivity index (χ1) is 7.84. The number of benzene rings is 1. The van der Waals surface area contributed by atoms with E-state index in [0.717, 1.165) is 18.8 Å². The van der Waals surface area contributed by atoms with Crippen LogP contribution in [-0.2, 0) is 0 Å². The van der Waals surface area contributed by atoms with Crippen molar-refractivity contribution in [3.63, 3.8) is 0 Å². The molecule has 1 atom stereocenters. The molecule has 82 valence electrons. The van der Waals surface area contributed by atoms with Gasteiger partial charge in [-0.15, -0.1) is 11.3 Å². The molecule has 0 aliphatic carbocycles. The Morgan fingerprint density at radius 1 is 1.19 bits per heavy atom. The summed E-state index contributed by atoms with van der Waals surface area (Å²) in [6, 6.07) is 12.9. The molecule has 2 heterocycles. The van der Waals surface area contributed by atoms with Gasteiger partial charge in [-0.2, -0.15) is 0 Å². The molecule has 0 radical (unpaired) electrons. The number of thiophene rings is 1. The lowest BCUT2D eigenvalue weighted by atomic mass is 9.92. The molecule has 1 aliphatic rings. The maximum atomic E-state index is 5.69. The molecule has 1 nitrogen and oxygen atoms in total. The van der Waals surface area contributed by atoms with Gasteiger partial charge in [0.05, 0.1) is 6.61 Å². The van der Waals surface area contributed by atoms with Gasteiger partial charge >= 0.3 is 0 Å². The van der Waals surface area contributed by atoms with Gasteiger partial charge in [-0.3, -0.25) is 0 Å². The van der Waals surface area contributed by atoms with Crippen LogP contribution in [0, 0.1) is 6.92 Å². The van der Waals surface area contributed by atoms with Crippen LogP contribution in [0.5, 0.6) is 5.75 Å². The second kappa shape index (κ2) is 3.95. The highest BCUT2D eigenvalue weighted by Gasteiger charge is 2.23. The summed E-state index contributed by atoms with van der Waals surface area (Å²) in [5.74, 6) is 1.59. The van der Waals surface area contributed by atoms with E-state index in [4.69, 9.17) is 4.74 Å². The third-order valence-electron chi connectivity index (χ3n) is 3.06. The van der Waals surface area contributed by atoms with Crippen LogP contribution in [0.3, 0.4) is 0 Å². The monoisotopic (exact) mass is 230 g/mol. The van der Waals surface area contributed by atoms with Crippen molar-refractivity contribution < 1.29 is 4.74 Å². The van der Waals surface area contributed by atoms with Crippen LogP contribution in [0.15, 0.2) is 36.4 Å². The summed E-state index contributed by atoms with van der Waals surface area (Å²) < 4.78 is 5.69. The number of fused-ring (bicyclic) bond motifs is 1. The van der Waals surface area contributed by atoms with Crippen LogP contribution in [-0.4, -0.2) is 6.61 Å². The van der Waals surface area contributed by atoms with Crippen LogP contribution >= 0.6 is 11.3 Å². The third kappa shape index (κ3) is 1.63. The van der Waals surface area contributed by atoms with Crippen molar-refractivity contribution in [3.8, 4) is 5.75 Å². The van der Waals surface area contributed by atoms with E-state index in [1.54, 1.807) is 0 Å². The van der Waals surface area contributed by atoms with Crippen molar-refractivity contribution in [1.29, 1.82) is 0 Å². The van der Waals surface area contributed by atoms with Crippen LogP contribution in [0.2, 0.25) is 0 Å². The first kappa shape index (κ1) is 9.91. The predicted octanol–water partition coefficient (Wildman–Crippen LogP) is 3.97. The lowest BCUT2D eigenvalue weighted by molar-refractivity contribution is 0.278. The minimum atomic E-state index is 0.531. The first-order valence-electron chi connectivity index (χ1n) is 5.62. The molecule has 1 aliphatic heterocycles. The summed E-state index contributed by atoms with van der Waals surface area (Å²) in [7, 11) is 0. The van der Waals surface area contributed by atoms with E-state index in [9.17, 15) is 0 Å². The second-order valence-electron chi connectivity index (χ2n) is 4.18. The number of ether oxygens (including phenoxy) is 1. The van der Waals surface area contributed by atoms with E-state index in [1.165, 1.54) is 15.3 Å². The maximum Gasteiger partial charge on any atom is 0.123 e. The van der Waals surface area contributed by atoms with Gasteiger partial charge in [0.2, 0.25) is 0 Å². The van der Waals surface area contributed by atoms with Crippen LogP contribution in [0.25, 0.3) is 0 Å². The Hall–Kier alpha value is -1.28. The standard InChI is InChI=1S/C14H14OS/c1-10-6-7-14(16-10)12-8-9-15-13-5-3-2-4-11(12)13/h2-7,12H,8-9H2,1H3. The van der Waals surface area contributed by atoms with E-state index < -0.39 is 0 Å². The number of rotatable bonds is 1. The van der Waals surface area contributed by atoms with Gasteiger partial charge in [-0.25, -0.2) is 0 Å². The van der Waals surface area contributed by atoms with Crippen LogP contribution < -0.4 is 4.74 Å². The van der Waals surface area contributed by atoms with Gasteiger partial charge in [0.25, 0.3) is 0 Å². The lowest BCUT2D eigenvalue weighted by Crippen LogP contribution is -2.14. The van der Waals surface area contributed by atoms with Crippen molar-refractivity contribution in [2.45, 2.75) is 19.3 Å². The van der Waals surface area contributed by atoms with Gasteiger partial charge < -0.3 is 4.74 Å². The fourth-order valence-corrected chi connectivity index (χ4v) is 3.31. The SMILES string of the molecule is Cc1ccc(C2CCOc3ccccc32)s1. The van der Waals surface area contributed by atoms with Crippen molar-refractivity contribution >= 4 is 11.3 Å². The summed E-state index contributed by atoms with van der Waals surface area (Å²) in [4.78, 5) is 2.85. The van der Waals surface area contributed by atoms with Crippen molar-refractivity contribution in [3.05, 3.63) is 51.7 Å². The molecular formula is C14H14OS. The molecule has 1 aromatic heterocycles. The molecule has 3 rings (SSSR count). The van der Waals surface area contributed by atoms with Crippen LogP contribution in [0.4, 0.5) is 0 Å². The largest absolute Gasteiger partial charge is 0.493 e. The van der Waals surface area contributed by atoms with Crippen molar-refractivity contribution in [2.75, 3.05) is 6.61 Å². The van der Waals surface area contributed by atoms with Gasteiger partial charge in [0.15, 0.2) is 0 Å². The highest BCUT2D eigenvalue weighted by Crippen LogP contribution is 2.40. The Kier molecular flexibility index (Phi) is 2.44. The van der Waals surface area contributed by atoms with Gasteiger partial charge in [-0.1, -0.05) is 18.2 Å². The number of hydrogen-bond donors (Lipinski definition) is 0. The third-order valence-corrected chi connectivity index (χ3v) is 4.18. The summed E-state index contributed by atoms with van der Waals surface area (Å²) >= 11 is 1.90. The Labute approximate surface area is 99.7 Å². The molecule has 0 spiro atoms. The number of para-hydroxylation sites is 1. The quantitative estimate of drug-likeness (QED) is 0.720. The summed E-state index contributed by atoms with van der Waals surface area (Å²) in [5.41, 5.74) is 1.34. The second-order valence-corrected chi connectivity index (χ2v) is 5.50.